The predicted octanol–water partition coefficient (Wildman–Crippen LogP) is 4.77. The quantitative estimate of drug-likeness (QED) is 0.480. The molecule has 2 bridgehead atoms. The zero-order chi connectivity index (χ0) is 23.3. The lowest BCUT2D eigenvalue weighted by Crippen LogP contribution is -2.11. The van der Waals surface area contributed by atoms with Crippen molar-refractivity contribution < 1.29 is 9.13 Å². The smallest absolute Gasteiger partial charge is 0.166 e. The number of aromatic nitrogens is 5. The first-order valence-electron chi connectivity index (χ1n) is 11.1. The number of hydrogen-bond donors (Lipinski definition) is 1. The van der Waals surface area contributed by atoms with Crippen LogP contribution in [0.5, 0.6) is 5.75 Å². The summed E-state index contributed by atoms with van der Waals surface area (Å²) in [5, 5.41) is 9.43. The van der Waals surface area contributed by atoms with E-state index in [0.29, 0.717) is 23.7 Å². The van der Waals surface area contributed by atoms with Gasteiger partial charge in [-0.05, 0) is 37.1 Å². The molecule has 1 atom stereocenters. The van der Waals surface area contributed by atoms with Crippen molar-refractivity contribution in [2.24, 2.45) is 13.0 Å². The van der Waals surface area contributed by atoms with Gasteiger partial charge in [0.15, 0.2) is 11.6 Å². The predicted molar refractivity (Wildman–Crippen MR) is 125 cm³/mol. The molecule has 1 aromatic carbocycles. The van der Waals surface area contributed by atoms with Crippen molar-refractivity contribution in [2.75, 3.05) is 5.73 Å². The Morgan fingerprint density at radius 1 is 1.21 bits per heavy atom. The molecule has 0 saturated heterocycles. The standard InChI is InChI=1S/C25H27FN6O/c1-14(2)12-32-24-16(11-29-32)7-18-13-31(4)30-23(18)20-6-5-19(26)9-21(20)15(3)33-22-8-17(24)10-28-25(22)27/h5-6,8-11,13-15H,7,12H2,1-4H3,(H2,27,28)/t15-/m1/s1. The van der Waals surface area contributed by atoms with Crippen LogP contribution in [0.15, 0.2) is 42.9 Å². The van der Waals surface area contributed by atoms with E-state index in [0.717, 1.165) is 40.2 Å². The molecule has 1 aliphatic rings. The molecule has 3 aromatic heterocycles. The van der Waals surface area contributed by atoms with Gasteiger partial charge >= 0.3 is 0 Å². The number of nitrogens with two attached hydrogens (primary N) is 1. The number of ether oxygens (including phenoxy) is 1. The molecule has 2 N–H and O–H groups in total. The highest BCUT2D eigenvalue weighted by atomic mass is 19.1. The molecule has 5 rings (SSSR count). The van der Waals surface area contributed by atoms with Gasteiger partial charge in [0, 0.05) is 60.2 Å². The fourth-order valence-corrected chi connectivity index (χ4v) is 4.49. The average molecular weight is 447 g/mol. The van der Waals surface area contributed by atoms with E-state index in [1.807, 2.05) is 37.1 Å². The van der Waals surface area contributed by atoms with Gasteiger partial charge in [-0.2, -0.15) is 10.2 Å². The number of halogens is 1. The number of rotatable bonds is 2. The summed E-state index contributed by atoms with van der Waals surface area (Å²) in [5.41, 5.74) is 12.5. The zero-order valence-corrected chi connectivity index (χ0v) is 19.2. The Morgan fingerprint density at radius 3 is 2.82 bits per heavy atom. The highest BCUT2D eigenvalue weighted by Gasteiger charge is 2.24. The first-order valence-corrected chi connectivity index (χ1v) is 11.1. The molecule has 0 saturated carbocycles. The van der Waals surface area contributed by atoms with Crippen LogP contribution in [0, 0.1) is 11.7 Å². The van der Waals surface area contributed by atoms with Gasteiger partial charge in [-0.1, -0.05) is 13.8 Å². The molecule has 0 radical (unpaired) electrons. The largest absolute Gasteiger partial charge is 0.482 e. The zero-order valence-electron chi connectivity index (χ0n) is 19.2. The number of fused-ring (bicyclic) bond motifs is 7. The minimum absolute atomic E-state index is 0.288. The number of nitrogens with zero attached hydrogens (tertiary/aromatic N) is 5. The molecule has 0 amide bonds. The second kappa shape index (κ2) is 8.03. The third-order valence-electron chi connectivity index (χ3n) is 5.90. The third-order valence-corrected chi connectivity index (χ3v) is 5.90. The van der Waals surface area contributed by atoms with Gasteiger partial charge in [-0.15, -0.1) is 0 Å². The molecule has 0 aliphatic carbocycles. The Labute approximate surface area is 192 Å². The number of nitrogen functional groups attached to an aromatic ring is 1. The van der Waals surface area contributed by atoms with E-state index in [1.54, 1.807) is 16.9 Å². The van der Waals surface area contributed by atoms with E-state index in [1.165, 1.54) is 12.1 Å². The Morgan fingerprint density at radius 2 is 2.03 bits per heavy atom. The van der Waals surface area contributed by atoms with E-state index in [-0.39, 0.29) is 11.6 Å². The van der Waals surface area contributed by atoms with Crippen LogP contribution in [0.4, 0.5) is 10.2 Å². The number of benzene rings is 1. The summed E-state index contributed by atoms with van der Waals surface area (Å²) in [6.07, 6.45) is 5.83. The van der Waals surface area contributed by atoms with Gasteiger partial charge in [-0.3, -0.25) is 9.36 Å². The van der Waals surface area contributed by atoms with Crippen molar-refractivity contribution in [3.63, 3.8) is 0 Å². The van der Waals surface area contributed by atoms with E-state index in [2.05, 4.69) is 18.8 Å². The number of hydrogen-bond acceptors (Lipinski definition) is 5. The van der Waals surface area contributed by atoms with Crippen LogP contribution in [0.1, 0.15) is 43.6 Å². The summed E-state index contributed by atoms with van der Waals surface area (Å²) in [6, 6.07) is 6.63. The Kier molecular flexibility index (Phi) is 5.15. The normalized spacial score (nSPS) is 15.2. The number of anilines is 1. The van der Waals surface area contributed by atoms with Crippen LogP contribution in [0.3, 0.4) is 0 Å². The summed E-state index contributed by atoms with van der Waals surface area (Å²) in [4.78, 5) is 4.41. The van der Waals surface area contributed by atoms with E-state index >= 15 is 0 Å². The summed E-state index contributed by atoms with van der Waals surface area (Å²) >= 11 is 0. The SMILES string of the molecule is CC(C)Cn1ncc2c1-c1cnc(N)c(c1)O[C@H](C)c1cc(F)ccc1-c1nn(C)cc1C2. The Bertz CT molecular complexity index is 1340. The van der Waals surface area contributed by atoms with Crippen molar-refractivity contribution in [2.45, 2.75) is 39.8 Å². The van der Waals surface area contributed by atoms with Crippen molar-refractivity contribution in [3.8, 4) is 28.3 Å². The maximum atomic E-state index is 14.3. The topological polar surface area (TPSA) is 83.8 Å². The molecule has 1 aliphatic heterocycles. The molecule has 4 heterocycles. The van der Waals surface area contributed by atoms with Crippen LogP contribution in [0.25, 0.3) is 22.5 Å². The van der Waals surface area contributed by atoms with Crippen molar-refractivity contribution in [3.05, 3.63) is 65.4 Å². The lowest BCUT2D eigenvalue weighted by molar-refractivity contribution is 0.227. The molecule has 8 heteroatoms. The van der Waals surface area contributed by atoms with E-state index in [4.69, 9.17) is 20.7 Å². The molecule has 0 fully saturated rings. The van der Waals surface area contributed by atoms with Gasteiger partial charge in [-0.25, -0.2) is 9.37 Å². The summed E-state index contributed by atoms with van der Waals surface area (Å²) in [6.45, 7) is 6.98. The van der Waals surface area contributed by atoms with Gasteiger partial charge in [0.05, 0.1) is 17.6 Å². The second-order valence-corrected chi connectivity index (χ2v) is 9.05. The maximum absolute atomic E-state index is 14.3. The fourth-order valence-electron chi connectivity index (χ4n) is 4.49. The minimum atomic E-state index is -0.468. The molecule has 33 heavy (non-hydrogen) atoms. The van der Waals surface area contributed by atoms with Gasteiger partial charge in [0.1, 0.15) is 11.9 Å². The summed E-state index contributed by atoms with van der Waals surface area (Å²) in [7, 11) is 1.89. The van der Waals surface area contributed by atoms with Crippen molar-refractivity contribution >= 4 is 5.82 Å². The third kappa shape index (κ3) is 3.86. The highest BCUT2D eigenvalue weighted by Crippen LogP contribution is 2.38. The van der Waals surface area contributed by atoms with Crippen molar-refractivity contribution in [1.29, 1.82) is 0 Å². The average Bonchev–Trinajstić information content (AvgIpc) is 3.31. The van der Waals surface area contributed by atoms with Gasteiger partial charge in [0.2, 0.25) is 0 Å². The first-order chi connectivity index (χ1) is 15.8. The first kappa shape index (κ1) is 21.2. The lowest BCUT2D eigenvalue weighted by Gasteiger charge is -2.21. The van der Waals surface area contributed by atoms with Crippen molar-refractivity contribution in [1.82, 2.24) is 24.5 Å². The Balaban J connectivity index is 1.78. The van der Waals surface area contributed by atoms with E-state index in [9.17, 15) is 4.39 Å². The molecular formula is C25H27FN6O. The highest BCUT2D eigenvalue weighted by molar-refractivity contribution is 5.71. The monoisotopic (exact) mass is 446 g/mol. The molecule has 7 nitrogen and oxygen atoms in total. The van der Waals surface area contributed by atoms with Crippen LogP contribution in [0.2, 0.25) is 0 Å². The second-order valence-electron chi connectivity index (χ2n) is 9.05. The van der Waals surface area contributed by atoms with Gasteiger partial charge in [0.25, 0.3) is 0 Å². The summed E-state index contributed by atoms with van der Waals surface area (Å²) in [5.74, 6) is 0.838. The van der Waals surface area contributed by atoms with Gasteiger partial charge < -0.3 is 10.5 Å². The molecule has 0 spiro atoms. The van der Waals surface area contributed by atoms with E-state index < -0.39 is 6.10 Å². The number of aryl methyl sites for hydroxylation is 1. The van der Waals surface area contributed by atoms with Crippen LogP contribution in [-0.2, 0) is 20.0 Å². The summed E-state index contributed by atoms with van der Waals surface area (Å²) < 4.78 is 24.3. The van der Waals surface area contributed by atoms with Crippen LogP contribution < -0.4 is 10.5 Å². The number of pyridine rings is 1. The van der Waals surface area contributed by atoms with Crippen LogP contribution >= 0.6 is 0 Å². The minimum Gasteiger partial charge on any atom is -0.482 e. The fraction of sp³-hybridized carbons (Fsp3) is 0.320. The molecule has 4 aromatic rings. The maximum Gasteiger partial charge on any atom is 0.166 e. The molecule has 0 unspecified atom stereocenters. The van der Waals surface area contributed by atoms with Crippen LogP contribution in [-0.4, -0.2) is 24.5 Å². The Hall–Kier alpha value is -3.68. The molecular weight excluding hydrogens is 419 g/mol. The lowest BCUT2D eigenvalue weighted by atomic mass is 9.94. The molecule has 170 valence electrons.